The van der Waals surface area contributed by atoms with Crippen molar-refractivity contribution in [2.45, 2.75) is 25.0 Å². The predicted octanol–water partition coefficient (Wildman–Crippen LogP) is 2.59. The fourth-order valence-electron chi connectivity index (χ4n) is 3.18. The van der Waals surface area contributed by atoms with Crippen molar-refractivity contribution in [2.75, 3.05) is 6.61 Å². The molecule has 0 spiro atoms. The average Bonchev–Trinajstić information content (AvgIpc) is 2.96. The van der Waals surface area contributed by atoms with E-state index in [1.807, 2.05) is 12.1 Å². The Morgan fingerprint density at radius 2 is 1.86 bits per heavy atom. The zero-order valence-electron chi connectivity index (χ0n) is 11.8. The van der Waals surface area contributed by atoms with Crippen LogP contribution in [0.3, 0.4) is 0 Å². The second kappa shape index (κ2) is 4.81. The number of hydrogen-bond donors (Lipinski definition) is 3. The van der Waals surface area contributed by atoms with Crippen LogP contribution in [-0.2, 0) is 6.42 Å². The van der Waals surface area contributed by atoms with Crippen molar-refractivity contribution in [1.29, 1.82) is 0 Å². The summed E-state index contributed by atoms with van der Waals surface area (Å²) in [7, 11) is 0. The lowest BCUT2D eigenvalue weighted by molar-refractivity contribution is 0.0638. The van der Waals surface area contributed by atoms with Gasteiger partial charge >= 0.3 is 0 Å². The van der Waals surface area contributed by atoms with Gasteiger partial charge in [-0.2, -0.15) is 0 Å². The highest BCUT2D eigenvalue weighted by molar-refractivity contribution is 5.54. The molecule has 0 fully saturated rings. The maximum atomic E-state index is 10.4. The van der Waals surface area contributed by atoms with Crippen LogP contribution in [0.4, 0.5) is 0 Å². The molecule has 5 heteroatoms. The first kappa shape index (κ1) is 13.3. The number of hydrogen-bond acceptors (Lipinski definition) is 5. The van der Waals surface area contributed by atoms with Gasteiger partial charge in [0.25, 0.3) is 0 Å². The smallest absolute Gasteiger partial charge is 0.133 e. The van der Waals surface area contributed by atoms with Crippen molar-refractivity contribution in [3.63, 3.8) is 0 Å². The normalized spacial score (nSPS) is 22.4. The van der Waals surface area contributed by atoms with Crippen LogP contribution < -0.4 is 9.47 Å². The van der Waals surface area contributed by atoms with E-state index < -0.39 is 12.2 Å². The number of ether oxygens (including phenoxy) is 2. The lowest BCUT2D eigenvalue weighted by Crippen LogP contribution is -2.20. The van der Waals surface area contributed by atoms with E-state index in [1.165, 1.54) is 12.1 Å². The van der Waals surface area contributed by atoms with E-state index in [0.717, 1.165) is 23.3 Å². The molecule has 0 saturated carbocycles. The molecule has 0 aromatic heterocycles. The van der Waals surface area contributed by atoms with Gasteiger partial charge in [0.1, 0.15) is 29.1 Å². The van der Waals surface area contributed by atoms with Gasteiger partial charge in [0.2, 0.25) is 0 Å². The number of phenolic OH excluding ortho intramolecular Hbond substituents is 2. The van der Waals surface area contributed by atoms with Crippen molar-refractivity contribution in [3.8, 4) is 23.0 Å². The summed E-state index contributed by atoms with van der Waals surface area (Å²) in [5.74, 6) is 1.41. The standard InChI is InChI=1S/C17H16O5/c18-9-1-2-10(13(19)7-9)16-8-14(20)11-3-4-15-12(5-6-21-15)17(11)22-16/h1-4,7,14,16,18-20H,5-6,8H2/t14-,16+/m0/s1. The van der Waals surface area contributed by atoms with Crippen LogP contribution in [0.15, 0.2) is 30.3 Å². The van der Waals surface area contributed by atoms with Gasteiger partial charge in [0, 0.05) is 35.6 Å². The second-order valence-corrected chi connectivity index (χ2v) is 5.66. The van der Waals surface area contributed by atoms with Crippen LogP contribution in [0.2, 0.25) is 0 Å². The maximum absolute atomic E-state index is 10.4. The number of rotatable bonds is 1. The van der Waals surface area contributed by atoms with Gasteiger partial charge < -0.3 is 24.8 Å². The van der Waals surface area contributed by atoms with Crippen molar-refractivity contribution in [3.05, 3.63) is 47.0 Å². The fraction of sp³-hybridized carbons (Fsp3) is 0.294. The van der Waals surface area contributed by atoms with Crippen LogP contribution in [0.5, 0.6) is 23.0 Å². The predicted molar refractivity (Wildman–Crippen MR) is 78.4 cm³/mol. The van der Waals surface area contributed by atoms with Gasteiger partial charge in [-0.25, -0.2) is 0 Å². The molecule has 2 aliphatic heterocycles. The van der Waals surface area contributed by atoms with Crippen molar-refractivity contribution in [1.82, 2.24) is 0 Å². The minimum absolute atomic E-state index is 0.00713. The molecule has 0 bridgehead atoms. The molecule has 3 N–H and O–H groups in total. The van der Waals surface area contributed by atoms with Crippen molar-refractivity contribution < 1.29 is 24.8 Å². The summed E-state index contributed by atoms with van der Waals surface area (Å²) in [6, 6.07) is 8.09. The van der Waals surface area contributed by atoms with Gasteiger partial charge in [0.15, 0.2) is 0 Å². The molecular formula is C17H16O5. The van der Waals surface area contributed by atoms with Crippen LogP contribution in [0, 0.1) is 0 Å². The third kappa shape index (κ3) is 1.97. The Labute approximate surface area is 127 Å². The third-order valence-electron chi connectivity index (χ3n) is 4.27. The Morgan fingerprint density at radius 3 is 2.68 bits per heavy atom. The Kier molecular flexibility index (Phi) is 2.90. The molecule has 2 aromatic rings. The van der Waals surface area contributed by atoms with Crippen molar-refractivity contribution in [2.24, 2.45) is 0 Å². The molecule has 0 amide bonds. The molecule has 2 aliphatic rings. The molecule has 2 aromatic carbocycles. The molecule has 0 saturated heterocycles. The van der Waals surface area contributed by atoms with Gasteiger partial charge in [0.05, 0.1) is 12.7 Å². The average molecular weight is 300 g/mol. The summed E-state index contributed by atoms with van der Waals surface area (Å²) >= 11 is 0. The lowest BCUT2D eigenvalue weighted by Gasteiger charge is -2.31. The van der Waals surface area contributed by atoms with E-state index in [-0.39, 0.29) is 11.5 Å². The molecule has 4 rings (SSSR count). The summed E-state index contributed by atoms with van der Waals surface area (Å²) in [6.45, 7) is 0.611. The molecule has 22 heavy (non-hydrogen) atoms. The molecule has 114 valence electrons. The first-order valence-corrected chi connectivity index (χ1v) is 7.28. The summed E-state index contributed by atoms with van der Waals surface area (Å²) < 4.78 is 11.6. The second-order valence-electron chi connectivity index (χ2n) is 5.66. The first-order chi connectivity index (χ1) is 10.6. The molecule has 2 heterocycles. The van der Waals surface area contributed by atoms with Crippen LogP contribution in [0.1, 0.15) is 35.3 Å². The largest absolute Gasteiger partial charge is 0.508 e. The third-order valence-corrected chi connectivity index (χ3v) is 4.27. The quantitative estimate of drug-likeness (QED) is 0.754. The minimum Gasteiger partial charge on any atom is -0.508 e. The Balaban J connectivity index is 1.76. The lowest BCUT2D eigenvalue weighted by atomic mass is 9.92. The number of phenols is 2. The highest BCUT2D eigenvalue weighted by Crippen LogP contribution is 2.48. The van der Waals surface area contributed by atoms with E-state index in [0.29, 0.717) is 24.3 Å². The zero-order chi connectivity index (χ0) is 15.3. The Bertz CT molecular complexity index is 740. The highest BCUT2D eigenvalue weighted by Gasteiger charge is 2.33. The van der Waals surface area contributed by atoms with E-state index in [9.17, 15) is 15.3 Å². The first-order valence-electron chi connectivity index (χ1n) is 7.28. The molecule has 5 nitrogen and oxygen atoms in total. The molecule has 0 radical (unpaired) electrons. The summed E-state index contributed by atoms with van der Waals surface area (Å²) in [5.41, 5.74) is 2.29. The molecule has 2 atom stereocenters. The van der Waals surface area contributed by atoms with Gasteiger partial charge in [-0.1, -0.05) is 0 Å². The summed E-state index contributed by atoms with van der Waals surface area (Å²) in [4.78, 5) is 0. The number of aliphatic hydroxyl groups is 1. The van der Waals surface area contributed by atoms with E-state index in [4.69, 9.17) is 9.47 Å². The monoisotopic (exact) mass is 300 g/mol. The minimum atomic E-state index is -0.659. The van der Waals surface area contributed by atoms with Crippen LogP contribution in [0.25, 0.3) is 0 Å². The number of aromatic hydroxyl groups is 2. The van der Waals surface area contributed by atoms with Crippen molar-refractivity contribution >= 4 is 0 Å². The number of aliphatic hydroxyl groups excluding tert-OH is 1. The Morgan fingerprint density at radius 1 is 1.05 bits per heavy atom. The number of fused-ring (bicyclic) bond motifs is 3. The summed E-state index contributed by atoms with van der Waals surface area (Å²) in [6.07, 6.45) is -0.0205. The molecule has 0 unspecified atom stereocenters. The molecule has 0 aliphatic carbocycles. The topological polar surface area (TPSA) is 79.2 Å². The fourth-order valence-corrected chi connectivity index (χ4v) is 3.18. The highest BCUT2D eigenvalue weighted by atomic mass is 16.5. The zero-order valence-corrected chi connectivity index (χ0v) is 11.8. The molecular weight excluding hydrogens is 284 g/mol. The summed E-state index contributed by atoms with van der Waals surface area (Å²) in [5, 5.41) is 29.8. The van der Waals surface area contributed by atoms with Gasteiger partial charge in [-0.15, -0.1) is 0 Å². The number of benzene rings is 2. The van der Waals surface area contributed by atoms with Gasteiger partial charge in [-0.05, 0) is 24.3 Å². The van der Waals surface area contributed by atoms with Crippen LogP contribution in [-0.4, -0.2) is 21.9 Å². The van der Waals surface area contributed by atoms with E-state index in [2.05, 4.69) is 0 Å². The SMILES string of the molecule is Oc1ccc([C@H]2C[C@H](O)c3ccc4c(c3O2)CCO4)c(O)c1. The van der Waals surface area contributed by atoms with E-state index in [1.54, 1.807) is 6.07 Å². The maximum Gasteiger partial charge on any atom is 0.133 e. The van der Waals surface area contributed by atoms with Gasteiger partial charge in [-0.3, -0.25) is 0 Å². The van der Waals surface area contributed by atoms with Crippen LogP contribution >= 0.6 is 0 Å². The van der Waals surface area contributed by atoms with E-state index >= 15 is 0 Å². The Hall–Kier alpha value is -2.40.